The predicted octanol–water partition coefficient (Wildman–Crippen LogP) is 2.14. The zero-order chi connectivity index (χ0) is 25.6. The second-order valence-electron chi connectivity index (χ2n) is 9.96. The highest BCUT2D eigenvalue weighted by atomic mass is 16.4. The monoisotopic (exact) mass is 474 g/mol. The summed E-state index contributed by atoms with van der Waals surface area (Å²) in [6.45, 7) is 9.41. The Labute approximate surface area is 203 Å². The van der Waals surface area contributed by atoms with E-state index in [1.165, 1.54) is 16.7 Å². The minimum absolute atomic E-state index is 0.0171. The van der Waals surface area contributed by atoms with Crippen molar-refractivity contribution >= 4 is 0 Å². The molecular weight excluding hydrogens is 432 g/mol. The van der Waals surface area contributed by atoms with Crippen LogP contribution >= 0.6 is 0 Å². The van der Waals surface area contributed by atoms with E-state index in [0.717, 1.165) is 29.5 Å². The average Bonchev–Trinajstić information content (AvgIpc) is 2.82. The van der Waals surface area contributed by atoms with Gasteiger partial charge in [0.25, 0.3) is 0 Å². The highest BCUT2D eigenvalue weighted by Crippen LogP contribution is 2.30. The van der Waals surface area contributed by atoms with Crippen LogP contribution < -0.4 is 0 Å². The molecule has 0 aliphatic rings. The average molecular weight is 475 g/mol. The molecule has 6 N–H and O–H groups in total. The summed E-state index contributed by atoms with van der Waals surface area (Å²) >= 11 is 0. The SMILES string of the molecule is Cc1ccc(C)c(CCC(C)C(Cc2cc(C)ccc2C)C(O)[C@@H](O)[C@@H](O)[C@H](O)[C@@H](O)CO)c1. The van der Waals surface area contributed by atoms with Crippen molar-refractivity contribution in [2.24, 2.45) is 11.8 Å². The van der Waals surface area contributed by atoms with Crippen molar-refractivity contribution in [3.05, 3.63) is 69.8 Å². The second kappa shape index (κ2) is 12.8. The fourth-order valence-corrected chi connectivity index (χ4v) is 4.59. The van der Waals surface area contributed by atoms with Gasteiger partial charge in [-0.3, -0.25) is 0 Å². The Kier molecular flexibility index (Phi) is 10.7. The fourth-order valence-electron chi connectivity index (χ4n) is 4.59. The molecule has 2 rings (SSSR count). The lowest BCUT2D eigenvalue weighted by Crippen LogP contribution is -2.52. The number of aryl methyl sites for hydroxylation is 5. The maximum atomic E-state index is 11.2. The van der Waals surface area contributed by atoms with Gasteiger partial charge >= 0.3 is 0 Å². The van der Waals surface area contributed by atoms with Gasteiger partial charge in [-0.25, -0.2) is 0 Å². The maximum absolute atomic E-state index is 11.2. The largest absolute Gasteiger partial charge is 0.394 e. The third kappa shape index (κ3) is 7.35. The molecule has 0 spiro atoms. The Morgan fingerprint density at radius 3 is 1.74 bits per heavy atom. The fraction of sp³-hybridized carbons (Fsp3) is 0.571. The quantitative estimate of drug-likeness (QED) is 0.280. The summed E-state index contributed by atoms with van der Waals surface area (Å²) < 4.78 is 0. The summed E-state index contributed by atoms with van der Waals surface area (Å²) in [5, 5.41) is 61.1. The second-order valence-corrected chi connectivity index (χ2v) is 9.96. The standard InChI is InChI=1S/C28H42O6/c1-16-6-8-18(3)21(12-16)11-10-20(5)23(14-22-13-17(2)7-9-19(22)4)25(31)27(33)28(34)26(32)24(30)15-29/h6-9,12-13,20,23-34H,10-11,14-15H2,1-5H3/t20?,23?,24-,25?,26+,27+,28-/m0/s1. The molecule has 0 aromatic heterocycles. The highest BCUT2D eigenvalue weighted by molar-refractivity contribution is 5.32. The van der Waals surface area contributed by atoms with Crippen LogP contribution in [0.4, 0.5) is 0 Å². The number of hydrogen-bond acceptors (Lipinski definition) is 6. The summed E-state index contributed by atoms with van der Waals surface area (Å²) in [6, 6.07) is 12.5. The highest BCUT2D eigenvalue weighted by Gasteiger charge is 2.39. The van der Waals surface area contributed by atoms with E-state index in [9.17, 15) is 25.5 Å². The number of benzene rings is 2. The maximum Gasteiger partial charge on any atom is 0.111 e. The van der Waals surface area contributed by atoms with Gasteiger partial charge in [-0.15, -0.1) is 0 Å². The van der Waals surface area contributed by atoms with Crippen LogP contribution in [0.15, 0.2) is 36.4 Å². The molecule has 6 nitrogen and oxygen atoms in total. The van der Waals surface area contributed by atoms with Crippen molar-refractivity contribution in [1.29, 1.82) is 0 Å². The van der Waals surface area contributed by atoms with E-state index in [1.54, 1.807) is 0 Å². The van der Waals surface area contributed by atoms with Crippen LogP contribution in [0.5, 0.6) is 0 Å². The van der Waals surface area contributed by atoms with Gasteiger partial charge in [0.1, 0.15) is 24.4 Å². The molecule has 0 fully saturated rings. The first kappa shape index (κ1) is 28.4. The Bertz CT molecular complexity index is 914. The number of rotatable bonds is 12. The van der Waals surface area contributed by atoms with Crippen molar-refractivity contribution in [1.82, 2.24) is 0 Å². The van der Waals surface area contributed by atoms with Gasteiger partial charge in [0.05, 0.1) is 12.7 Å². The molecule has 0 aliphatic heterocycles. The minimum Gasteiger partial charge on any atom is -0.394 e. The number of hydrogen-bond donors (Lipinski definition) is 6. The lowest BCUT2D eigenvalue weighted by atomic mass is 9.77. The van der Waals surface area contributed by atoms with E-state index in [4.69, 9.17) is 5.11 Å². The molecule has 2 aromatic carbocycles. The number of aliphatic hydroxyl groups excluding tert-OH is 6. The first-order valence-electron chi connectivity index (χ1n) is 12.1. The topological polar surface area (TPSA) is 121 Å². The van der Waals surface area contributed by atoms with E-state index in [2.05, 4.69) is 38.1 Å². The summed E-state index contributed by atoms with van der Waals surface area (Å²) in [5.41, 5.74) is 6.87. The Morgan fingerprint density at radius 2 is 1.18 bits per heavy atom. The number of aliphatic hydroxyl groups is 6. The molecule has 6 heteroatoms. The van der Waals surface area contributed by atoms with Gasteiger partial charge in [0.15, 0.2) is 0 Å². The normalized spacial score (nSPS) is 18.1. The molecule has 0 saturated heterocycles. The summed E-state index contributed by atoms with van der Waals surface area (Å²) in [6.07, 6.45) is -6.15. The molecular formula is C28H42O6. The smallest absolute Gasteiger partial charge is 0.111 e. The van der Waals surface area contributed by atoms with Crippen LogP contribution in [0, 0.1) is 39.5 Å². The van der Waals surface area contributed by atoms with E-state index < -0.39 is 43.0 Å². The van der Waals surface area contributed by atoms with Crippen molar-refractivity contribution in [2.45, 2.75) is 84.4 Å². The predicted molar refractivity (Wildman–Crippen MR) is 134 cm³/mol. The van der Waals surface area contributed by atoms with Gasteiger partial charge in [-0.2, -0.15) is 0 Å². The van der Waals surface area contributed by atoms with Gasteiger partial charge in [-0.05, 0) is 81.0 Å². The van der Waals surface area contributed by atoms with Crippen LogP contribution in [0.1, 0.15) is 46.7 Å². The molecule has 34 heavy (non-hydrogen) atoms. The summed E-state index contributed by atoms with van der Waals surface area (Å²) in [4.78, 5) is 0. The van der Waals surface area contributed by atoms with Crippen molar-refractivity contribution < 1.29 is 30.6 Å². The van der Waals surface area contributed by atoms with Crippen molar-refractivity contribution in [2.75, 3.05) is 6.61 Å². The molecule has 2 aromatic rings. The third-order valence-corrected chi connectivity index (χ3v) is 7.13. The molecule has 0 heterocycles. The van der Waals surface area contributed by atoms with E-state index in [1.807, 2.05) is 32.9 Å². The van der Waals surface area contributed by atoms with Crippen molar-refractivity contribution in [3.63, 3.8) is 0 Å². The molecule has 0 aliphatic carbocycles. The minimum atomic E-state index is -1.80. The van der Waals surface area contributed by atoms with Crippen LogP contribution in [0.25, 0.3) is 0 Å². The zero-order valence-corrected chi connectivity index (χ0v) is 21.0. The van der Waals surface area contributed by atoms with Crippen LogP contribution in [-0.2, 0) is 12.8 Å². The Hall–Kier alpha value is -1.80. The van der Waals surface area contributed by atoms with E-state index in [-0.39, 0.29) is 5.92 Å². The Morgan fingerprint density at radius 1 is 0.676 bits per heavy atom. The lowest BCUT2D eigenvalue weighted by Gasteiger charge is -2.35. The van der Waals surface area contributed by atoms with Crippen LogP contribution in [0.2, 0.25) is 0 Å². The first-order chi connectivity index (χ1) is 16.0. The molecule has 0 radical (unpaired) electrons. The summed E-state index contributed by atoms with van der Waals surface area (Å²) in [7, 11) is 0. The van der Waals surface area contributed by atoms with Gasteiger partial charge in [0.2, 0.25) is 0 Å². The lowest BCUT2D eigenvalue weighted by molar-refractivity contribution is -0.152. The Balaban J connectivity index is 2.28. The molecule has 3 unspecified atom stereocenters. The van der Waals surface area contributed by atoms with E-state index >= 15 is 0 Å². The van der Waals surface area contributed by atoms with Crippen molar-refractivity contribution in [3.8, 4) is 0 Å². The molecule has 0 saturated carbocycles. The van der Waals surface area contributed by atoms with Gasteiger partial charge < -0.3 is 30.6 Å². The van der Waals surface area contributed by atoms with Crippen LogP contribution in [0.3, 0.4) is 0 Å². The van der Waals surface area contributed by atoms with E-state index in [0.29, 0.717) is 6.42 Å². The molecule has 190 valence electrons. The third-order valence-electron chi connectivity index (χ3n) is 7.13. The van der Waals surface area contributed by atoms with Gasteiger partial charge in [0, 0.05) is 0 Å². The molecule has 0 amide bonds. The molecule has 0 bridgehead atoms. The van der Waals surface area contributed by atoms with Gasteiger partial charge in [-0.1, -0.05) is 54.4 Å². The van der Waals surface area contributed by atoms with Crippen LogP contribution in [-0.4, -0.2) is 67.8 Å². The first-order valence-corrected chi connectivity index (χ1v) is 12.1. The zero-order valence-electron chi connectivity index (χ0n) is 21.0. The summed E-state index contributed by atoms with van der Waals surface area (Å²) in [5.74, 6) is -0.426. The molecule has 7 atom stereocenters.